The molecule has 1 atom stereocenters. The first-order valence-corrected chi connectivity index (χ1v) is 10.5. The predicted molar refractivity (Wildman–Crippen MR) is 109 cm³/mol. The molecular formula is C18H22N6S2. The van der Waals surface area contributed by atoms with Crippen molar-refractivity contribution in [2.45, 2.75) is 39.0 Å². The van der Waals surface area contributed by atoms with Gasteiger partial charge in [0.15, 0.2) is 0 Å². The average Bonchev–Trinajstić information content (AvgIpc) is 3.35. The Morgan fingerprint density at radius 1 is 1.08 bits per heavy atom. The van der Waals surface area contributed by atoms with Gasteiger partial charge in [0.1, 0.15) is 10.4 Å². The van der Waals surface area contributed by atoms with Gasteiger partial charge >= 0.3 is 0 Å². The summed E-state index contributed by atoms with van der Waals surface area (Å²) in [6, 6.07) is 8.68. The summed E-state index contributed by atoms with van der Waals surface area (Å²) in [5.41, 5.74) is 2.50. The lowest BCUT2D eigenvalue weighted by Crippen LogP contribution is -2.40. The average molecular weight is 387 g/mol. The zero-order valence-corrected chi connectivity index (χ0v) is 16.8. The van der Waals surface area contributed by atoms with Crippen LogP contribution in [0.1, 0.15) is 41.3 Å². The SMILES string of the molecule is CC1=NN(/C(=N/c2nnc(C)s2)N2CCCC2)C(c2ccc(C)cc2)S1. The molecule has 4 rings (SSSR count). The van der Waals surface area contributed by atoms with Crippen molar-refractivity contribution in [2.75, 3.05) is 13.1 Å². The second kappa shape index (κ2) is 7.36. The quantitative estimate of drug-likeness (QED) is 0.568. The molecule has 6 nitrogen and oxygen atoms in total. The summed E-state index contributed by atoms with van der Waals surface area (Å²) in [7, 11) is 0. The molecule has 1 saturated heterocycles. The van der Waals surface area contributed by atoms with Gasteiger partial charge in [-0.15, -0.1) is 10.2 Å². The monoisotopic (exact) mass is 386 g/mol. The molecule has 0 amide bonds. The van der Waals surface area contributed by atoms with Crippen LogP contribution in [0.15, 0.2) is 34.4 Å². The molecule has 1 fully saturated rings. The first kappa shape index (κ1) is 17.5. The van der Waals surface area contributed by atoms with Gasteiger partial charge in [-0.05, 0) is 39.2 Å². The third kappa shape index (κ3) is 3.61. The molecule has 2 aliphatic rings. The number of aryl methyl sites for hydroxylation is 2. The predicted octanol–water partition coefficient (Wildman–Crippen LogP) is 4.32. The Kier molecular flexibility index (Phi) is 4.95. The molecule has 0 aliphatic carbocycles. The summed E-state index contributed by atoms with van der Waals surface area (Å²) < 4.78 is 0. The van der Waals surface area contributed by atoms with Crippen molar-refractivity contribution < 1.29 is 0 Å². The molecule has 1 aromatic heterocycles. The molecule has 2 aliphatic heterocycles. The topological polar surface area (TPSA) is 57.0 Å². The number of rotatable bonds is 2. The molecule has 26 heavy (non-hydrogen) atoms. The molecule has 2 aromatic rings. The zero-order valence-electron chi connectivity index (χ0n) is 15.2. The Bertz CT molecular complexity index is 836. The maximum absolute atomic E-state index is 4.86. The number of aromatic nitrogens is 2. The lowest BCUT2D eigenvalue weighted by Gasteiger charge is -2.29. The summed E-state index contributed by atoms with van der Waals surface area (Å²) in [4.78, 5) is 7.18. The van der Waals surface area contributed by atoms with E-state index in [0.717, 1.165) is 29.1 Å². The lowest BCUT2D eigenvalue weighted by molar-refractivity contribution is 0.353. The number of likely N-dealkylation sites (tertiary alicyclic amines) is 1. The molecule has 0 radical (unpaired) electrons. The molecule has 8 heteroatoms. The van der Waals surface area contributed by atoms with Gasteiger partial charge in [0, 0.05) is 13.1 Å². The fraction of sp³-hybridized carbons (Fsp3) is 0.444. The fourth-order valence-corrected chi connectivity index (χ4v) is 4.68. The minimum absolute atomic E-state index is 0.101. The number of hydrazone groups is 1. The smallest absolute Gasteiger partial charge is 0.234 e. The molecule has 0 N–H and O–H groups in total. The van der Waals surface area contributed by atoms with Gasteiger partial charge in [-0.25, -0.2) is 5.01 Å². The van der Waals surface area contributed by atoms with Crippen molar-refractivity contribution in [1.82, 2.24) is 20.1 Å². The largest absolute Gasteiger partial charge is 0.341 e. The summed E-state index contributed by atoms with van der Waals surface area (Å²) in [5, 5.41) is 18.0. The second-order valence-electron chi connectivity index (χ2n) is 6.55. The van der Waals surface area contributed by atoms with Crippen LogP contribution in [0.2, 0.25) is 0 Å². The van der Waals surface area contributed by atoms with Crippen molar-refractivity contribution in [1.29, 1.82) is 0 Å². The van der Waals surface area contributed by atoms with Gasteiger partial charge in [-0.2, -0.15) is 10.1 Å². The highest BCUT2D eigenvalue weighted by Gasteiger charge is 2.34. The second-order valence-corrected chi connectivity index (χ2v) is 8.99. The molecule has 3 heterocycles. The maximum atomic E-state index is 4.86. The van der Waals surface area contributed by atoms with E-state index >= 15 is 0 Å². The third-order valence-electron chi connectivity index (χ3n) is 4.42. The summed E-state index contributed by atoms with van der Waals surface area (Å²) in [6.07, 6.45) is 2.38. The van der Waals surface area contributed by atoms with Crippen molar-refractivity contribution in [3.8, 4) is 0 Å². The molecule has 1 unspecified atom stereocenters. The van der Waals surface area contributed by atoms with E-state index in [1.165, 1.54) is 35.3 Å². The Labute approximate surface area is 162 Å². The number of aliphatic imine (C=N–C) groups is 1. The lowest BCUT2D eigenvalue weighted by atomic mass is 10.1. The number of hydrogen-bond acceptors (Lipinski definition) is 6. The molecule has 0 bridgehead atoms. The highest BCUT2D eigenvalue weighted by molar-refractivity contribution is 8.14. The van der Waals surface area contributed by atoms with Crippen LogP contribution in [0, 0.1) is 13.8 Å². The number of guanidine groups is 1. The Morgan fingerprint density at radius 2 is 1.81 bits per heavy atom. The van der Waals surface area contributed by atoms with Crippen molar-refractivity contribution in [3.63, 3.8) is 0 Å². The van der Waals surface area contributed by atoms with Gasteiger partial charge in [0.25, 0.3) is 0 Å². The first-order chi connectivity index (χ1) is 12.6. The maximum Gasteiger partial charge on any atom is 0.234 e. The van der Waals surface area contributed by atoms with Crippen LogP contribution < -0.4 is 0 Å². The fourth-order valence-electron chi connectivity index (χ4n) is 3.13. The number of thioether (sulfide) groups is 1. The van der Waals surface area contributed by atoms with Crippen molar-refractivity contribution in [3.05, 3.63) is 40.4 Å². The Hall–Kier alpha value is -1.93. The highest BCUT2D eigenvalue weighted by Crippen LogP contribution is 2.40. The van der Waals surface area contributed by atoms with E-state index in [9.17, 15) is 0 Å². The molecular weight excluding hydrogens is 364 g/mol. The van der Waals surface area contributed by atoms with Gasteiger partial charge < -0.3 is 4.90 Å². The van der Waals surface area contributed by atoms with Gasteiger partial charge in [-0.3, -0.25) is 0 Å². The number of hydrogen-bond donors (Lipinski definition) is 0. The van der Waals surface area contributed by atoms with E-state index in [2.05, 4.69) is 58.2 Å². The van der Waals surface area contributed by atoms with E-state index in [1.807, 2.05) is 6.92 Å². The highest BCUT2D eigenvalue weighted by atomic mass is 32.2. The van der Waals surface area contributed by atoms with E-state index in [4.69, 9.17) is 10.1 Å². The van der Waals surface area contributed by atoms with Crippen LogP contribution in [-0.4, -0.2) is 44.2 Å². The molecule has 1 aromatic carbocycles. The van der Waals surface area contributed by atoms with E-state index < -0.39 is 0 Å². The van der Waals surface area contributed by atoms with Crippen molar-refractivity contribution >= 4 is 39.2 Å². The minimum atomic E-state index is 0.101. The number of nitrogens with zero attached hydrogens (tertiary/aromatic N) is 6. The van der Waals surface area contributed by atoms with Gasteiger partial charge in [0.2, 0.25) is 11.1 Å². The van der Waals surface area contributed by atoms with Crippen LogP contribution >= 0.6 is 23.1 Å². The Morgan fingerprint density at radius 3 is 2.46 bits per heavy atom. The van der Waals surface area contributed by atoms with Crippen LogP contribution in [-0.2, 0) is 0 Å². The van der Waals surface area contributed by atoms with Crippen LogP contribution in [0.4, 0.5) is 5.13 Å². The van der Waals surface area contributed by atoms with Gasteiger partial charge in [-0.1, -0.05) is 52.9 Å². The third-order valence-corrected chi connectivity index (χ3v) is 6.27. The number of benzene rings is 1. The van der Waals surface area contributed by atoms with Crippen LogP contribution in [0.3, 0.4) is 0 Å². The summed E-state index contributed by atoms with van der Waals surface area (Å²) in [6.45, 7) is 8.14. The molecule has 136 valence electrons. The molecule has 0 saturated carbocycles. The van der Waals surface area contributed by atoms with E-state index in [1.54, 1.807) is 11.8 Å². The molecule has 0 spiro atoms. The Balaban J connectivity index is 1.72. The van der Waals surface area contributed by atoms with E-state index in [-0.39, 0.29) is 5.37 Å². The summed E-state index contributed by atoms with van der Waals surface area (Å²) in [5.74, 6) is 0.883. The minimum Gasteiger partial charge on any atom is -0.341 e. The summed E-state index contributed by atoms with van der Waals surface area (Å²) >= 11 is 3.29. The first-order valence-electron chi connectivity index (χ1n) is 8.81. The van der Waals surface area contributed by atoms with E-state index in [0.29, 0.717) is 5.13 Å². The normalized spacial score (nSPS) is 20.8. The van der Waals surface area contributed by atoms with Gasteiger partial charge in [0.05, 0.1) is 5.04 Å². The standard InChI is InChI=1S/C18H22N6S2/c1-12-6-8-15(9-7-12)16-24(22-14(3)25-16)18(23-10-4-5-11-23)19-17-21-20-13(2)26-17/h6-9,16H,4-5,10-11H2,1-3H3/b19-18+. The van der Waals surface area contributed by atoms with Crippen LogP contribution in [0.5, 0.6) is 0 Å². The van der Waals surface area contributed by atoms with Crippen LogP contribution in [0.25, 0.3) is 0 Å². The van der Waals surface area contributed by atoms with Crippen molar-refractivity contribution in [2.24, 2.45) is 10.1 Å². The zero-order chi connectivity index (χ0) is 18.1.